The zero-order valence-electron chi connectivity index (χ0n) is 19.2. The molecule has 0 saturated carbocycles. The highest BCUT2D eigenvalue weighted by atomic mass is 79.9. The number of fused-ring (bicyclic) bond motifs is 1. The van der Waals surface area contributed by atoms with Crippen LogP contribution in [0.4, 0.5) is 11.4 Å². The second kappa shape index (κ2) is 10.3. The number of rotatable bonds is 5. The summed E-state index contributed by atoms with van der Waals surface area (Å²) in [6.07, 6.45) is 0. The number of halogens is 1. The second-order valence-corrected chi connectivity index (χ2v) is 9.17. The number of thiocarbonyl (C=S) groups is 1. The number of para-hydroxylation sites is 1. The van der Waals surface area contributed by atoms with Crippen molar-refractivity contribution in [2.75, 3.05) is 17.7 Å². The molecule has 0 spiro atoms. The van der Waals surface area contributed by atoms with Crippen LogP contribution in [0.2, 0.25) is 0 Å². The van der Waals surface area contributed by atoms with Crippen LogP contribution in [0, 0.1) is 13.8 Å². The molecule has 1 heterocycles. The summed E-state index contributed by atoms with van der Waals surface area (Å²) >= 11 is 8.72. The van der Waals surface area contributed by atoms with Crippen molar-refractivity contribution in [3.63, 3.8) is 0 Å². The summed E-state index contributed by atoms with van der Waals surface area (Å²) in [5, 5.41) is 9.53. The van der Waals surface area contributed by atoms with Crippen LogP contribution in [0.3, 0.4) is 0 Å². The Morgan fingerprint density at radius 1 is 0.943 bits per heavy atom. The molecule has 9 heteroatoms. The van der Waals surface area contributed by atoms with E-state index in [0.717, 1.165) is 21.0 Å². The van der Waals surface area contributed by atoms with Crippen molar-refractivity contribution in [2.45, 2.75) is 13.8 Å². The highest BCUT2D eigenvalue weighted by molar-refractivity contribution is 9.10. The number of amides is 2. The van der Waals surface area contributed by atoms with Crippen LogP contribution in [0.1, 0.15) is 32.0 Å². The van der Waals surface area contributed by atoms with Crippen molar-refractivity contribution in [3.8, 4) is 5.75 Å². The zero-order valence-corrected chi connectivity index (χ0v) is 21.6. The highest BCUT2D eigenvalue weighted by Crippen LogP contribution is 2.28. The van der Waals surface area contributed by atoms with E-state index in [1.165, 1.54) is 7.11 Å². The number of carbonyl (C=O) groups excluding carboxylic acids is 2. The van der Waals surface area contributed by atoms with Crippen LogP contribution in [-0.4, -0.2) is 24.0 Å². The summed E-state index contributed by atoms with van der Waals surface area (Å²) in [4.78, 5) is 25.4. The van der Waals surface area contributed by atoms with Crippen LogP contribution >= 0.6 is 28.1 Å². The number of hydrogen-bond acceptors (Lipinski definition) is 5. The lowest BCUT2D eigenvalue weighted by Gasteiger charge is -2.15. The smallest absolute Gasteiger partial charge is 0.291 e. The minimum atomic E-state index is -0.393. The van der Waals surface area contributed by atoms with Gasteiger partial charge in [0.15, 0.2) is 10.9 Å². The van der Waals surface area contributed by atoms with Crippen LogP contribution < -0.4 is 20.7 Å². The van der Waals surface area contributed by atoms with Gasteiger partial charge in [-0.3, -0.25) is 14.9 Å². The number of hydrogen-bond donors (Lipinski definition) is 3. The zero-order chi connectivity index (χ0) is 25.1. The number of benzene rings is 3. The maximum absolute atomic E-state index is 12.8. The normalized spacial score (nSPS) is 10.6. The van der Waals surface area contributed by atoms with Gasteiger partial charge in [0.1, 0.15) is 11.3 Å². The van der Waals surface area contributed by atoms with Crippen molar-refractivity contribution in [3.05, 3.63) is 87.6 Å². The molecular formula is C26H22BrN3O4S. The van der Waals surface area contributed by atoms with E-state index in [2.05, 4.69) is 31.9 Å². The molecule has 0 fully saturated rings. The van der Waals surface area contributed by atoms with Crippen molar-refractivity contribution in [1.29, 1.82) is 0 Å². The molecule has 0 unspecified atom stereocenters. The molecule has 4 aromatic rings. The van der Waals surface area contributed by atoms with Crippen molar-refractivity contribution >= 4 is 67.4 Å². The number of anilines is 2. The van der Waals surface area contributed by atoms with Crippen molar-refractivity contribution in [2.24, 2.45) is 0 Å². The molecule has 3 N–H and O–H groups in total. The highest BCUT2D eigenvalue weighted by Gasteiger charge is 2.17. The fourth-order valence-electron chi connectivity index (χ4n) is 3.66. The third-order valence-electron chi connectivity index (χ3n) is 5.30. The molecule has 178 valence electrons. The molecule has 0 aliphatic carbocycles. The Morgan fingerprint density at radius 2 is 1.71 bits per heavy atom. The first-order valence-electron chi connectivity index (χ1n) is 10.6. The number of methoxy groups -OCH3 is 1. The van der Waals surface area contributed by atoms with Gasteiger partial charge in [-0.2, -0.15) is 0 Å². The maximum Gasteiger partial charge on any atom is 0.291 e. The summed E-state index contributed by atoms with van der Waals surface area (Å²) in [7, 11) is 1.51. The summed E-state index contributed by atoms with van der Waals surface area (Å²) in [5.74, 6) is -0.0231. The average molecular weight is 552 g/mol. The second-order valence-electron chi connectivity index (χ2n) is 7.84. The van der Waals surface area contributed by atoms with E-state index in [0.29, 0.717) is 28.3 Å². The van der Waals surface area contributed by atoms with Gasteiger partial charge in [0.2, 0.25) is 0 Å². The lowest BCUT2D eigenvalue weighted by molar-refractivity contribution is 0.0972. The molecule has 1 aromatic heterocycles. The van der Waals surface area contributed by atoms with Gasteiger partial charge in [-0.25, -0.2) is 0 Å². The molecule has 0 aliphatic heterocycles. The quantitative estimate of drug-likeness (QED) is 0.256. The molecule has 2 amide bonds. The topological polar surface area (TPSA) is 92.6 Å². The lowest BCUT2D eigenvalue weighted by Crippen LogP contribution is -2.34. The van der Waals surface area contributed by atoms with E-state index in [9.17, 15) is 9.59 Å². The summed E-state index contributed by atoms with van der Waals surface area (Å²) in [6.45, 7) is 3.71. The Morgan fingerprint density at radius 3 is 2.43 bits per heavy atom. The fourth-order valence-corrected chi connectivity index (χ4v) is 4.44. The van der Waals surface area contributed by atoms with Gasteiger partial charge >= 0.3 is 0 Å². The van der Waals surface area contributed by atoms with Gasteiger partial charge < -0.3 is 19.8 Å². The molecule has 0 bridgehead atoms. The molecular weight excluding hydrogens is 530 g/mol. The monoisotopic (exact) mass is 551 g/mol. The van der Waals surface area contributed by atoms with Gasteiger partial charge in [-0.1, -0.05) is 34.1 Å². The Kier molecular flexibility index (Phi) is 7.18. The Hall–Kier alpha value is -3.69. The average Bonchev–Trinajstić information content (AvgIpc) is 3.25. The number of carbonyl (C=O) groups is 2. The first-order chi connectivity index (χ1) is 16.7. The summed E-state index contributed by atoms with van der Waals surface area (Å²) < 4.78 is 11.8. The van der Waals surface area contributed by atoms with E-state index < -0.39 is 5.91 Å². The predicted molar refractivity (Wildman–Crippen MR) is 144 cm³/mol. The van der Waals surface area contributed by atoms with E-state index in [1.807, 2.05) is 50.2 Å². The summed E-state index contributed by atoms with van der Waals surface area (Å²) in [6, 6.07) is 18.0. The van der Waals surface area contributed by atoms with Gasteiger partial charge in [-0.15, -0.1) is 0 Å². The first kappa shape index (κ1) is 24.4. The van der Waals surface area contributed by atoms with E-state index in [4.69, 9.17) is 21.4 Å². The lowest BCUT2D eigenvalue weighted by atomic mass is 10.1. The molecule has 4 rings (SSSR count). The molecule has 3 aromatic carbocycles. The number of ether oxygens (including phenoxy) is 1. The van der Waals surface area contributed by atoms with Crippen LogP contribution in [-0.2, 0) is 0 Å². The van der Waals surface area contributed by atoms with Crippen molar-refractivity contribution < 1.29 is 18.7 Å². The standard InChI is InChI=1S/C26H22BrN3O4S/c1-14-11-18(28-26(35)30-24(31)19-13-17(27)10-15(2)23(19)33-3)8-9-20(14)29-25(32)22-12-16-6-4-5-7-21(16)34-22/h4-13H,1-3H3,(H,29,32)(H2,28,30,31,35). The Labute approximate surface area is 216 Å². The van der Waals surface area contributed by atoms with Crippen molar-refractivity contribution in [1.82, 2.24) is 5.32 Å². The number of nitrogens with one attached hydrogen (secondary N) is 3. The fraction of sp³-hybridized carbons (Fsp3) is 0.115. The third-order valence-corrected chi connectivity index (χ3v) is 5.96. The summed E-state index contributed by atoms with van der Waals surface area (Å²) in [5.41, 5.74) is 3.93. The maximum atomic E-state index is 12.8. The SMILES string of the molecule is COc1c(C)cc(Br)cc1C(=O)NC(=S)Nc1ccc(NC(=O)c2cc3ccccc3o2)c(C)c1. The van der Waals surface area contributed by atoms with Crippen LogP contribution in [0.25, 0.3) is 11.0 Å². The molecule has 7 nitrogen and oxygen atoms in total. The van der Waals surface area contributed by atoms with E-state index in [1.54, 1.807) is 24.3 Å². The minimum Gasteiger partial charge on any atom is -0.496 e. The van der Waals surface area contributed by atoms with Gasteiger partial charge in [-0.05, 0) is 79.7 Å². The number of furan rings is 1. The van der Waals surface area contributed by atoms with Crippen LogP contribution in [0.5, 0.6) is 5.75 Å². The van der Waals surface area contributed by atoms with Gasteiger partial charge in [0, 0.05) is 21.2 Å². The molecule has 0 aliphatic rings. The van der Waals surface area contributed by atoms with Gasteiger partial charge in [0.05, 0.1) is 12.7 Å². The first-order valence-corrected chi connectivity index (χ1v) is 11.8. The van der Waals surface area contributed by atoms with Gasteiger partial charge in [0.25, 0.3) is 11.8 Å². The molecule has 0 atom stereocenters. The Bertz CT molecular complexity index is 1430. The number of aryl methyl sites for hydroxylation is 2. The Balaban J connectivity index is 1.42. The molecule has 35 heavy (non-hydrogen) atoms. The predicted octanol–water partition coefficient (Wildman–Crippen LogP) is 6.20. The molecule has 0 radical (unpaired) electrons. The largest absolute Gasteiger partial charge is 0.496 e. The third kappa shape index (κ3) is 5.52. The minimum absolute atomic E-state index is 0.133. The van der Waals surface area contributed by atoms with E-state index >= 15 is 0 Å². The van der Waals surface area contributed by atoms with Crippen LogP contribution in [0.15, 0.2) is 69.6 Å². The molecule has 0 saturated heterocycles. The van der Waals surface area contributed by atoms with E-state index in [-0.39, 0.29) is 16.8 Å².